The molecule has 5 nitrogen and oxygen atoms in total. The molecule has 0 aliphatic carbocycles. The molecule has 0 bridgehead atoms. The van der Waals surface area contributed by atoms with Crippen molar-refractivity contribution in [2.24, 2.45) is 11.8 Å². The van der Waals surface area contributed by atoms with Gasteiger partial charge in [-0.15, -0.1) is 11.3 Å². The lowest BCUT2D eigenvalue weighted by molar-refractivity contribution is 0.0546. The molecular weight excluding hydrogens is 274 g/mol. The van der Waals surface area contributed by atoms with Gasteiger partial charge in [-0.1, -0.05) is 20.8 Å². The summed E-state index contributed by atoms with van der Waals surface area (Å²) in [6.45, 7) is 7.81. The Hall–Kier alpha value is -1.14. The molecule has 2 N–H and O–H groups in total. The molecule has 0 aromatic carbocycles. The first kappa shape index (κ1) is 15.3. The van der Waals surface area contributed by atoms with E-state index in [0.29, 0.717) is 23.5 Å². The number of aryl methyl sites for hydroxylation is 1. The Morgan fingerprint density at radius 2 is 2.40 bits per heavy atom. The summed E-state index contributed by atoms with van der Waals surface area (Å²) in [5, 5.41) is 8.33. The predicted octanol–water partition coefficient (Wildman–Crippen LogP) is 2.89. The average molecular weight is 297 g/mol. The second kappa shape index (κ2) is 7.04. The van der Waals surface area contributed by atoms with Gasteiger partial charge in [0.1, 0.15) is 0 Å². The number of urea groups is 1. The van der Waals surface area contributed by atoms with Crippen molar-refractivity contribution >= 4 is 22.5 Å². The maximum atomic E-state index is 11.8. The lowest BCUT2D eigenvalue weighted by atomic mass is 9.93. The lowest BCUT2D eigenvalue weighted by Crippen LogP contribution is -2.37. The molecule has 0 radical (unpaired) electrons. The smallest absolute Gasteiger partial charge is 0.321 e. The van der Waals surface area contributed by atoms with E-state index in [9.17, 15) is 4.79 Å². The number of aromatic nitrogens is 1. The van der Waals surface area contributed by atoms with Crippen LogP contribution in [0.5, 0.6) is 0 Å². The number of rotatable bonds is 5. The molecule has 2 heterocycles. The van der Waals surface area contributed by atoms with Crippen molar-refractivity contribution in [1.29, 1.82) is 0 Å². The molecule has 1 aromatic rings. The minimum Gasteiger partial charge on any atom is -0.378 e. The summed E-state index contributed by atoms with van der Waals surface area (Å²) in [5.74, 6) is 0.890. The van der Waals surface area contributed by atoms with E-state index in [1.807, 2.05) is 12.3 Å². The van der Waals surface area contributed by atoms with Crippen LogP contribution >= 0.6 is 11.3 Å². The highest BCUT2D eigenvalue weighted by atomic mass is 32.1. The van der Waals surface area contributed by atoms with Gasteiger partial charge in [-0.3, -0.25) is 5.32 Å². The fraction of sp³-hybridized carbons (Fsp3) is 0.714. The summed E-state index contributed by atoms with van der Waals surface area (Å²) in [4.78, 5) is 16.2. The molecule has 0 saturated carbocycles. The first-order valence-electron chi connectivity index (χ1n) is 7.21. The minimum atomic E-state index is -0.184. The number of nitrogens with zero attached hydrogens (tertiary/aromatic N) is 1. The number of thiazole rings is 1. The van der Waals surface area contributed by atoms with E-state index in [4.69, 9.17) is 4.74 Å². The lowest BCUT2D eigenvalue weighted by Gasteiger charge is -2.22. The van der Waals surface area contributed by atoms with Gasteiger partial charge >= 0.3 is 6.03 Å². The van der Waals surface area contributed by atoms with Crippen LogP contribution < -0.4 is 10.6 Å². The van der Waals surface area contributed by atoms with Crippen LogP contribution in [0.1, 0.15) is 32.9 Å². The van der Waals surface area contributed by atoms with Gasteiger partial charge in [0.15, 0.2) is 5.13 Å². The standard InChI is InChI=1S/C14H23N3O2S/c1-4-11-8-20-14(16-11)17-13(18)15-7-10-5-6-19-12(10)9(2)3/h8-10,12H,4-7H2,1-3H3,(H2,15,16,17,18)/t10-,12+/m1/s1. The van der Waals surface area contributed by atoms with Crippen LogP contribution in [0.25, 0.3) is 0 Å². The normalized spacial score (nSPS) is 22.2. The van der Waals surface area contributed by atoms with Gasteiger partial charge in [0, 0.05) is 24.4 Å². The maximum absolute atomic E-state index is 11.8. The highest BCUT2D eigenvalue weighted by molar-refractivity contribution is 7.13. The molecule has 1 aliphatic heterocycles. The van der Waals surface area contributed by atoms with E-state index in [-0.39, 0.29) is 12.1 Å². The van der Waals surface area contributed by atoms with Crippen LogP contribution in [0.4, 0.5) is 9.93 Å². The van der Waals surface area contributed by atoms with E-state index in [1.165, 1.54) is 11.3 Å². The van der Waals surface area contributed by atoms with E-state index in [1.54, 1.807) is 0 Å². The number of carbonyl (C=O) groups excluding carboxylic acids is 1. The summed E-state index contributed by atoms with van der Waals surface area (Å²) in [6.07, 6.45) is 2.15. The van der Waals surface area contributed by atoms with Crippen molar-refractivity contribution in [3.63, 3.8) is 0 Å². The first-order chi connectivity index (χ1) is 9.60. The third-order valence-electron chi connectivity index (χ3n) is 3.58. The van der Waals surface area contributed by atoms with Crippen LogP contribution in [-0.4, -0.2) is 30.3 Å². The summed E-state index contributed by atoms with van der Waals surface area (Å²) in [6, 6.07) is -0.184. The molecule has 0 spiro atoms. The van der Waals surface area contributed by atoms with Gasteiger partial charge in [-0.2, -0.15) is 0 Å². The van der Waals surface area contributed by atoms with E-state index in [0.717, 1.165) is 25.1 Å². The number of carbonyl (C=O) groups is 1. The van der Waals surface area contributed by atoms with E-state index >= 15 is 0 Å². The van der Waals surface area contributed by atoms with E-state index < -0.39 is 0 Å². The molecular formula is C14H23N3O2S. The Balaban J connectivity index is 1.77. The fourth-order valence-corrected chi connectivity index (χ4v) is 3.29. The Labute approximate surface area is 124 Å². The van der Waals surface area contributed by atoms with Crippen molar-refractivity contribution in [3.05, 3.63) is 11.1 Å². The molecule has 112 valence electrons. The van der Waals surface area contributed by atoms with E-state index in [2.05, 4.69) is 29.5 Å². The number of nitrogens with one attached hydrogen (secondary N) is 2. The van der Waals surface area contributed by atoms with Crippen LogP contribution in [-0.2, 0) is 11.2 Å². The van der Waals surface area contributed by atoms with Crippen molar-refractivity contribution in [1.82, 2.24) is 10.3 Å². The number of hydrogen-bond acceptors (Lipinski definition) is 4. The Morgan fingerprint density at radius 1 is 1.60 bits per heavy atom. The molecule has 6 heteroatoms. The number of amides is 2. The molecule has 2 amide bonds. The van der Waals surface area contributed by atoms with Gasteiger partial charge in [-0.25, -0.2) is 9.78 Å². The van der Waals surface area contributed by atoms with Crippen LogP contribution in [0.15, 0.2) is 5.38 Å². The highest BCUT2D eigenvalue weighted by Gasteiger charge is 2.30. The van der Waals surface area contributed by atoms with Crippen LogP contribution in [0, 0.1) is 11.8 Å². The average Bonchev–Trinajstić information content (AvgIpc) is 3.04. The quantitative estimate of drug-likeness (QED) is 0.878. The summed E-state index contributed by atoms with van der Waals surface area (Å²) < 4.78 is 5.71. The topological polar surface area (TPSA) is 63.2 Å². The SMILES string of the molecule is CCc1csc(NC(=O)NC[C@H]2CCO[C@H]2C(C)C)n1. The fourth-order valence-electron chi connectivity index (χ4n) is 2.50. The molecule has 0 unspecified atom stereocenters. The summed E-state index contributed by atoms with van der Waals surface area (Å²) >= 11 is 1.46. The third kappa shape index (κ3) is 3.93. The number of anilines is 1. The maximum Gasteiger partial charge on any atom is 0.321 e. The molecule has 20 heavy (non-hydrogen) atoms. The molecule has 2 atom stereocenters. The van der Waals surface area contributed by atoms with Gasteiger partial charge in [0.05, 0.1) is 11.8 Å². The van der Waals surface area contributed by atoms with Gasteiger partial charge in [0.25, 0.3) is 0 Å². The van der Waals surface area contributed by atoms with Gasteiger partial charge in [-0.05, 0) is 18.8 Å². The monoisotopic (exact) mass is 297 g/mol. The molecule has 1 aliphatic rings. The third-order valence-corrected chi connectivity index (χ3v) is 4.39. The molecule has 1 aromatic heterocycles. The Morgan fingerprint density at radius 3 is 3.05 bits per heavy atom. The van der Waals surface area contributed by atoms with Crippen LogP contribution in [0.3, 0.4) is 0 Å². The zero-order chi connectivity index (χ0) is 14.5. The minimum absolute atomic E-state index is 0.184. The van der Waals surface area contributed by atoms with Gasteiger partial charge in [0.2, 0.25) is 0 Å². The summed E-state index contributed by atoms with van der Waals surface area (Å²) in [5.41, 5.74) is 1.01. The molecule has 1 fully saturated rings. The summed E-state index contributed by atoms with van der Waals surface area (Å²) in [7, 11) is 0. The van der Waals surface area contributed by atoms with Gasteiger partial charge < -0.3 is 10.1 Å². The second-order valence-electron chi connectivity index (χ2n) is 5.46. The zero-order valence-electron chi connectivity index (χ0n) is 12.3. The van der Waals surface area contributed by atoms with Crippen LogP contribution in [0.2, 0.25) is 0 Å². The predicted molar refractivity (Wildman–Crippen MR) is 81.2 cm³/mol. The zero-order valence-corrected chi connectivity index (χ0v) is 13.1. The van der Waals surface area contributed by atoms with Crippen molar-refractivity contribution in [2.45, 2.75) is 39.7 Å². The number of ether oxygens (including phenoxy) is 1. The highest BCUT2D eigenvalue weighted by Crippen LogP contribution is 2.26. The first-order valence-corrected chi connectivity index (χ1v) is 8.09. The number of hydrogen-bond donors (Lipinski definition) is 2. The Bertz CT molecular complexity index is 447. The van der Waals surface area contributed by atoms with Crippen molar-refractivity contribution in [3.8, 4) is 0 Å². The van der Waals surface area contributed by atoms with Crippen molar-refractivity contribution in [2.75, 3.05) is 18.5 Å². The van der Waals surface area contributed by atoms with Crippen molar-refractivity contribution < 1.29 is 9.53 Å². The molecule has 1 saturated heterocycles. The Kier molecular flexibility index (Phi) is 5.37. The largest absolute Gasteiger partial charge is 0.378 e. The second-order valence-corrected chi connectivity index (χ2v) is 6.32. The molecule has 2 rings (SSSR count).